The molecule has 0 radical (unpaired) electrons. The number of rotatable bonds is 4. The Bertz CT molecular complexity index is 359. The van der Waals surface area contributed by atoms with Crippen molar-refractivity contribution in [3.63, 3.8) is 0 Å². The van der Waals surface area contributed by atoms with E-state index in [0.717, 1.165) is 30.3 Å². The SMILES string of the molecule is CCOC1CC(O)(Cc2cccc(Br)c2)C1. The van der Waals surface area contributed by atoms with Crippen LogP contribution < -0.4 is 0 Å². The molecule has 3 heteroatoms. The Kier molecular flexibility index (Phi) is 3.67. The van der Waals surface area contributed by atoms with Crippen LogP contribution in [-0.4, -0.2) is 23.4 Å². The van der Waals surface area contributed by atoms with Gasteiger partial charge in [0, 0.05) is 30.3 Å². The molecule has 1 aliphatic carbocycles. The molecule has 0 heterocycles. The van der Waals surface area contributed by atoms with Gasteiger partial charge < -0.3 is 9.84 Å². The molecule has 1 fully saturated rings. The second-order valence-electron chi connectivity index (χ2n) is 4.52. The highest BCUT2D eigenvalue weighted by molar-refractivity contribution is 9.10. The van der Waals surface area contributed by atoms with Gasteiger partial charge in [-0.15, -0.1) is 0 Å². The smallest absolute Gasteiger partial charge is 0.0737 e. The van der Waals surface area contributed by atoms with E-state index in [1.54, 1.807) is 0 Å². The summed E-state index contributed by atoms with van der Waals surface area (Å²) < 4.78 is 6.53. The second kappa shape index (κ2) is 4.86. The monoisotopic (exact) mass is 284 g/mol. The summed E-state index contributed by atoms with van der Waals surface area (Å²) in [6.07, 6.45) is 2.48. The van der Waals surface area contributed by atoms with Crippen molar-refractivity contribution in [2.75, 3.05) is 6.61 Å². The molecule has 1 aromatic carbocycles. The number of halogens is 1. The summed E-state index contributed by atoms with van der Waals surface area (Å²) in [5.41, 5.74) is 0.618. The van der Waals surface area contributed by atoms with Gasteiger partial charge in [0.1, 0.15) is 0 Å². The third-order valence-corrected chi connectivity index (χ3v) is 3.53. The van der Waals surface area contributed by atoms with Crippen molar-refractivity contribution in [2.24, 2.45) is 0 Å². The summed E-state index contributed by atoms with van der Waals surface area (Å²) in [4.78, 5) is 0. The van der Waals surface area contributed by atoms with Gasteiger partial charge in [0.2, 0.25) is 0 Å². The first-order valence-corrected chi connectivity index (χ1v) is 6.49. The zero-order chi connectivity index (χ0) is 11.6. The lowest BCUT2D eigenvalue weighted by atomic mass is 9.74. The zero-order valence-electron chi connectivity index (χ0n) is 9.45. The van der Waals surface area contributed by atoms with E-state index in [4.69, 9.17) is 4.74 Å². The molecule has 0 saturated heterocycles. The molecule has 0 bridgehead atoms. The standard InChI is InChI=1S/C13H17BrO2/c1-2-16-12-8-13(15,9-12)7-10-4-3-5-11(14)6-10/h3-6,12,15H,2,7-9H2,1H3. The molecule has 2 nitrogen and oxygen atoms in total. The molecule has 1 aliphatic rings. The van der Waals surface area contributed by atoms with Crippen molar-refractivity contribution in [1.82, 2.24) is 0 Å². The fourth-order valence-electron chi connectivity index (χ4n) is 2.31. The van der Waals surface area contributed by atoms with Crippen LogP contribution >= 0.6 is 15.9 Å². The van der Waals surface area contributed by atoms with Crippen LogP contribution in [0.4, 0.5) is 0 Å². The van der Waals surface area contributed by atoms with Crippen LogP contribution in [0.25, 0.3) is 0 Å². The zero-order valence-corrected chi connectivity index (χ0v) is 11.0. The van der Waals surface area contributed by atoms with Gasteiger partial charge in [0.15, 0.2) is 0 Å². The van der Waals surface area contributed by atoms with E-state index in [1.165, 1.54) is 5.56 Å². The molecule has 16 heavy (non-hydrogen) atoms. The molecule has 0 spiro atoms. The van der Waals surface area contributed by atoms with E-state index in [1.807, 2.05) is 19.1 Å². The minimum atomic E-state index is -0.555. The minimum absolute atomic E-state index is 0.252. The van der Waals surface area contributed by atoms with Crippen molar-refractivity contribution in [3.8, 4) is 0 Å². The lowest BCUT2D eigenvalue weighted by Crippen LogP contribution is -2.49. The Hall–Kier alpha value is -0.380. The Labute approximate surface area is 105 Å². The number of ether oxygens (including phenoxy) is 1. The van der Waals surface area contributed by atoms with Gasteiger partial charge in [0.05, 0.1) is 11.7 Å². The maximum atomic E-state index is 10.3. The molecule has 0 atom stereocenters. The summed E-state index contributed by atoms with van der Waals surface area (Å²) >= 11 is 3.44. The normalized spacial score (nSPS) is 28.8. The van der Waals surface area contributed by atoms with Gasteiger partial charge in [-0.2, -0.15) is 0 Å². The first-order chi connectivity index (χ1) is 7.61. The third-order valence-electron chi connectivity index (χ3n) is 3.04. The summed E-state index contributed by atoms with van der Waals surface area (Å²) in [5, 5.41) is 10.3. The molecule has 0 aromatic heterocycles. The summed E-state index contributed by atoms with van der Waals surface area (Å²) in [6, 6.07) is 8.11. The highest BCUT2D eigenvalue weighted by Crippen LogP contribution is 2.37. The highest BCUT2D eigenvalue weighted by Gasteiger charge is 2.42. The fraction of sp³-hybridized carbons (Fsp3) is 0.538. The van der Waals surface area contributed by atoms with Gasteiger partial charge in [-0.1, -0.05) is 28.1 Å². The molecule has 0 amide bonds. The van der Waals surface area contributed by atoms with Crippen LogP contribution in [0.3, 0.4) is 0 Å². The van der Waals surface area contributed by atoms with Crippen LogP contribution in [0.1, 0.15) is 25.3 Å². The molecular weight excluding hydrogens is 268 g/mol. The van der Waals surface area contributed by atoms with E-state index in [-0.39, 0.29) is 6.10 Å². The second-order valence-corrected chi connectivity index (χ2v) is 5.43. The van der Waals surface area contributed by atoms with E-state index in [2.05, 4.69) is 28.1 Å². The molecular formula is C13H17BrO2. The largest absolute Gasteiger partial charge is 0.389 e. The van der Waals surface area contributed by atoms with E-state index in [0.29, 0.717) is 0 Å². The minimum Gasteiger partial charge on any atom is -0.389 e. The van der Waals surface area contributed by atoms with Crippen molar-refractivity contribution in [2.45, 2.75) is 37.9 Å². The molecule has 2 rings (SSSR count). The van der Waals surface area contributed by atoms with Crippen LogP contribution in [0, 0.1) is 0 Å². The predicted molar refractivity (Wildman–Crippen MR) is 67.4 cm³/mol. The van der Waals surface area contributed by atoms with Crippen molar-refractivity contribution in [1.29, 1.82) is 0 Å². The third kappa shape index (κ3) is 2.84. The van der Waals surface area contributed by atoms with E-state index >= 15 is 0 Å². The molecule has 1 N–H and O–H groups in total. The van der Waals surface area contributed by atoms with Crippen molar-refractivity contribution < 1.29 is 9.84 Å². The Morgan fingerprint density at radius 2 is 2.25 bits per heavy atom. The lowest BCUT2D eigenvalue weighted by Gasteiger charge is -2.43. The number of benzene rings is 1. The first kappa shape index (κ1) is 12.1. The van der Waals surface area contributed by atoms with Gasteiger partial charge in [-0.05, 0) is 24.6 Å². The fourth-order valence-corrected chi connectivity index (χ4v) is 2.76. The number of hydrogen-bond donors (Lipinski definition) is 1. The van der Waals surface area contributed by atoms with Crippen molar-refractivity contribution in [3.05, 3.63) is 34.3 Å². The molecule has 0 unspecified atom stereocenters. The van der Waals surface area contributed by atoms with Gasteiger partial charge in [0.25, 0.3) is 0 Å². The molecule has 1 aromatic rings. The maximum Gasteiger partial charge on any atom is 0.0737 e. The predicted octanol–water partition coefficient (Wildman–Crippen LogP) is 2.92. The highest BCUT2D eigenvalue weighted by atomic mass is 79.9. The van der Waals surface area contributed by atoms with Crippen molar-refractivity contribution >= 4 is 15.9 Å². The Balaban J connectivity index is 1.91. The average molecular weight is 285 g/mol. The van der Waals surface area contributed by atoms with Crippen LogP contribution in [0.2, 0.25) is 0 Å². The van der Waals surface area contributed by atoms with Gasteiger partial charge in [-0.3, -0.25) is 0 Å². The van der Waals surface area contributed by atoms with E-state index in [9.17, 15) is 5.11 Å². The van der Waals surface area contributed by atoms with Gasteiger partial charge >= 0.3 is 0 Å². The lowest BCUT2D eigenvalue weighted by molar-refractivity contribution is -0.136. The topological polar surface area (TPSA) is 29.5 Å². The maximum absolute atomic E-state index is 10.3. The van der Waals surface area contributed by atoms with E-state index < -0.39 is 5.60 Å². The first-order valence-electron chi connectivity index (χ1n) is 5.70. The quantitative estimate of drug-likeness (QED) is 0.921. The Morgan fingerprint density at radius 3 is 2.88 bits per heavy atom. The van der Waals surface area contributed by atoms with Crippen LogP contribution in [-0.2, 0) is 11.2 Å². The molecule has 0 aliphatic heterocycles. The van der Waals surface area contributed by atoms with Crippen LogP contribution in [0.15, 0.2) is 28.7 Å². The molecule has 88 valence electrons. The summed E-state index contributed by atoms with van der Waals surface area (Å²) in [5.74, 6) is 0. The average Bonchev–Trinajstić information content (AvgIpc) is 2.15. The van der Waals surface area contributed by atoms with Gasteiger partial charge in [-0.25, -0.2) is 0 Å². The summed E-state index contributed by atoms with van der Waals surface area (Å²) in [7, 11) is 0. The van der Waals surface area contributed by atoms with Crippen LogP contribution in [0.5, 0.6) is 0 Å². The number of aliphatic hydroxyl groups is 1. The number of hydrogen-bond acceptors (Lipinski definition) is 2. The summed E-state index contributed by atoms with van der Waals surface area (Å²) in [6.45, 7) is 2.73. The Morgan fingerprint density at radius 1 is 1.50 bits per heavy atom. The molecule has 1 saturated carbocycles.